The van der Waals surface area contributed by atoms with Crippen molar-refractivity contribution in [1.29, 1.82) is 0 Å². The number of fused-ring (bicyclic) bond motifs is 1. The number of pyridine rings is 1. The molecule has 2 aromatic heterocycles. The first kappa shape index (κ1) is 28.2. The summed E-state index contributed by atoms with van der Waals surface area (Å²) >= 11 is 1.32. The van der Waals surface area contributed by atoms with Gasteiger partial charge >= 0.3 is 0 Å². The van der Waals surface area contributed by atoms with Gasteiger partial charge in [0.05, 0.1) is 41.7 Å². The second-order valence-corrected chi connectivity index (χ2v) is 10.9. The van der Waals surface area contributed by atoms with Crippen LogP contribution < -0.4 is 15.0 Å². The molecule has 10 heteroatoms. The maximum Gasteiger partial charge on any atom is 0.240 e. The molecule has 1 unspecified atom stereocenters. The summed E-state index contributed by atoms with van der Waals surface area (Å²) in [6.07, 6.45) is 1.66. The van der Waals surface area contributed by atoms with Gasteiger partial charge in [-0.15, -0.1) is 11.8 Å². The number of anilines is 1. The van der Waals surface area contributed by atoms with Gasteiger partial charge in [-0.3, -0.25) is 19.5 Å². The Bertz CT molecular complexity index is 1750. The van der Waals surface area contributed by atoms with E-state index in [4.69, 9.17) is 9.84 Å². The first-order valence-corrected chi connectivity index (χ1v) is 14.7. The normalized spacial score (nSPS) is 14.6. The van der Waals surface area contributed by atoms with E-state index in [0.29, 0.717) is 39.8 Å². The van der Waals surface area contributed by atoms with Crippen LogP contribution in [0.1, 0.15) is 22.1 Å². The second-order valence-electron chi connectivity index (χ2n) is 9.85. The molecule has 0 fully saturated rings. The molecule has 0 spiro atoms. The van der Waals surface area contributed by atoms with Gasteiger partial charge in [0.1, 0.15) is 23.9 Å². The smallest absolute Gasteiger partial charge is 0.240 e. The molecular weight excluding hydrogens is 565 g/mol. The monoisotopic (exact) mass is 593 g/mol. The molecule has 5 aromatic rings. The molecule has 0 saturated heterocycles. The standard InChI is InChI=1S/C33H28FN5O3S/c1-42-25-16-14-24(15-17-25)39-33-30(31(37-39)22-9-3-2-4-10-22)32(26-12-5-6-13-27(26)34)43-21-29(41)38(33)20-28(40)36-19-23-11-7-8-18-35-23/h2-18,32H,19-21H2,1H3,(H,36,40). The van der Waals surface area contributed by atoms with Gasteiger partial charge in [-0.05, 0) is 42.5 Å². The minimum absolute atomic E-state index is 0.0397. The van der Waals surface area contributed by atoms with Crippen molar-refractivity contribution in [2.45, 2.75) is 11.8 Å². The topological polar surface area (TPSA) is 89.3 Å². The lowest BCUT2D eigenvalue weighted by atomic mass is 9.99. The third kappa shape index (κ3) is 5.87. The summed E-state index contributed by atoms with van der Waals surface area (Å²) in [5.41, 5.74) is 3.85. The number of benzene rings is 3. The van der Waals surface area contributed by atoms with Gasteiger partial charge in [0.2, 0.25) is 11.8 Å². The number of hydrogen-bond acceptors (Lipinski definition) is 6. The zero-order chi connectivity index (χ0) is 29.8. The van der Waals surface area contributed by atoms with Crippen LogP contribution >= 0.6 is 11.8 Å². The van der Waals surface area contributed by atoms with E-state index >= 15 is 4.39 Å². The Kier molecular flexibility index (Phi) is 8.19. The third-order valence-electron chi connectivity index (χ3n) is 7.14. The molecule has 1 atom stereocenters. The zero-order valence-corrected chi connectivity index (χ0v) is 24.1. The van der Waals surface area contributed by atoms with Gasteiger partial charge in [-0.1, -0.05) is 54.6 Å². The molecule has 3 heterocycles. The lowest BCUT2D eigenvalue weighted by Gasteiger charge is -2.23. The number of ether oxygens (including phenoxy) is 1. The fourth-order valence-electron chi connectivity index (χ4n) is 5.06. The van der Waals surface area contributed by atoms with Crippen LogP contribution in [0.3, 0.4) is 0 Å². The van der Waals surface area contributed by atoms with Gasteiger partial charge < -0.3 is 10.1 Å². The van der Waals surface area contributed by atoms with E-state index in [-0.39, 0.29) is 36.5 Å². The number of nitrogens with one attached hydrogen (secondary N) is 1. The molecule has 8 nitrogen and oxygen atoms in total. The van der Waals surface area contributed by atoms with Crippen LogP contribution in [0.15, 0.2) is 103 Å². The van der Waals surface area contributed by atoms with Crippen molar-refractivity contribution in [3.63, 3.8) is 0 Å². The molecule has 2 amide bonds. The molecule has 0 bridgehead atoms. The van der Waals surface area contributed by atoms with Crippen LogP contribution in [0.4, 0.5) is 10.2 Å². The Hall–Kier alpha value is -4.96. The molecule has 43 heavy (non-hydrogen) atoms. The van der Waals surface area contributed by atoms with Crippen molar-refractivity contribution in [2.24, 2.45) is 0 Å². The number of aromatic nitrogens is 3. The Labute approximate surface area is 252 Å². The van der Waals surface area contributed by atoms with Crippen LogP contribution in [0.2, 0.25) is 0 Å². The van der Waals surface area contributed by atoms with Crippen LogP contribution in [0.5, 0.6) is 5.75 Å². The number of rotatable bonds is 8. The molecule has 0 aliphatic carbocycles. The van der Waals surface area contributed by atoms with E-state index in [9.17, 15) is 9.59 Å². The lowest BCUT2D eigenvalue weighted by molar-refractivity contribution is -0.123. The number of halogens is 1. The first-order valence-electron chi connectivity index (χ1n) is 13.7. The number of thioether (sulfide) groups is 1. The number of hydrogen-bond donors (Lipinski definition) is 1. The highest BCUT2D eigenvalue weighted by Gasteiger charge is 2.38. The van der Waals surface area contributed by atoms with E-state index in [2.05, 4.69) is 10.3 Å². The van der Waals surface area contributed by atoms with E-state index in [1.54, 1.807) is 54.4 Å². The molecular formula is C33H28FN5O3S. The van der Waals surface area contributed by atoms with Crippen LogP contribution in [0.25, 0.3) is 16.9 Å². The number of carbonyl (C=O) groups is 2. The van der Waals surface area contributed by atoms with Crippen molar-refractivity contribution in [3.05, 3.63) is 126 Å². The van der Waals surface area contributed by atoms with Crippen molar-refractivity contribution in [2.75, 3.05) is 24.3 Å². The highest BCUT2D eigenvalue weighted by Crippen LogP contribution is 2.49. The maximum atomic E-state index is 15.4. The fraction of sp³-hybridized carbons (Fsp3) is 0.152. The molecule has 216 valence electrons. The van der Waals surface area contributed by atoms with Crippen molar-refractivity contribution < 1.29 is 18.7 Å². The summed E-state index contributed by atoms with van der Waals surface area (Å²) in [6.45, 7) is -0.0343. The van der Waals surface area contributed by atoms with E-state index < -0.39 is 5.25 Å². The average Bonchev–Trinajstić information content (AvgIpc) is 3.38. The number of nitrogens with zero attached hydrogens (tertiary/aromatic N) is 4. The Morgan fingerprint density at radius 1 is 1.00 bits per heavy atom. The van der Waals surface area contributed by atoms with Gasteiger partial charge in [0.25, 0.3) is 0 Å². The number of methoxy groups -OCH3 is 1. The lowest BCUT2D eigenvalue weighted by Crippen LogP contribution is -2.42. The second kappa shape index (κ2) is 12.5. The highest BCUT2D eigenvalue weighted by molar-refractivity contribution is 8.00. The largest absolute Gasteiger partial charge is 0.497 e. The molecule has 1 N–H and O–H groups in total. The Balaban J connectivity index is 1.52. The van der Waals surface area contributed by atoms with E-state index in [1.807, 2.05) is 54.6 Å². The minimum atomic E-state index is -0.566. The van der Waals surface area contributed by atoms with E-state index in [1.165, 1.54) is 22.7 Å². The third-order valence-corrected chi connectivity index (χ3v) is 8.37. The summed E-state index contributed by atoms with van der Waals surface area (Å²) in [5.74, 6) is 0.0941. The molecule has 1 aliphatic rings. The summed E-state index contributed by atoms with van der Waals surface area (Å²) in [6, 6.07) is 28.9. The quantitative estimate of drug-likeness (QED) is 0.253. The van der Waals surface area contributed by atoms with Crippen molar-refractivity contribution in [3.8, 4) is 22.7 Å². The molecule has 0 saturated carbocycles. The zero-order valence-electron chi connectivity index (χ0n) is 23.3. The number of carbonyl (C=O) groups excluding carboxylic acids is 2. The van der Waals surface area contributed by atoms with Crippen molar-refractivity contribution in [1.82, 2.24) is 20.1 Å². The van der Waals surface area contributed by atoms with Gasteiger partial charge in [0.15, 0.2) is 0 Å². The van der Waals surface area contributed by atoms with Gasteiger partial charge in [0, 0.05) is 22.9 Å². The highest BCUT2D eigenvalue weighted by atomic mass is 32.2. The van der Waals surface area contributed by atoms with E-state index in [0.717, 1.165) is 5.56 Å². The molecule has 1 aliphatic heterocycles. The minimum Gasteiger partial charge on any atom is -0.497 e. The predicted molar refractivity (Wildman–Crippen MR) is 165 cm³/mol. The Morgan fingerprint density at radius 2 is 1.74 bits per heavy atom. The molecule has 3 aromatic carbocycles. The maximum absolute atomic E-state index is 15.4. The summed E-state index contributed by atoms with van der Waals surface area (Å²) < 4.78 is 22.4. The van der Waals surface area contributed by atoms with Crippen LogP contribution in [-0.2, 0) is 16.1 Å². The first-order chi connectivity index (χ1) is 21.0. The number of amides is 2. The van der Waals surface area contributed by atoms with Crippen LogP contribution in [0, 0.1) is 5.82 Å². The summed E-state index contributed by atoms with van der Waals surface area (Å²) in [4.78, 5) is 32.9. The van der Waals surface area contributed by atoms with Crippen molar-refractivity contribution >= 4 is 29.4 Å². The average molecular weight is 594 g/mol. The van der Waals surface area contributed by atoms with Gasteiger partial charge in [-0.25, -0.2) is 9.07 Å². The molecule has 0 radical (unpaired) electrons. The summed E-state index contributed by atoms with van der Waals surface area (Å²) in [7, 11) is 1.59. The predicted octanol–water partition coefficient (Wildman–Crippen LogP) is 5.57. The summed E-state index contributed by atoms with van der Waals surface area (Å²) in [5, 5.41) is 7.33. The van der Waals surface area contributed by atoms with Gasteiger partial charge in [-0.2, -0.15) is 5.10 Å². The molecule has 6 rings (SSSR count). The fourth-order valence-corrected chi connectivity index (χ4v) is 6.28. The van der Waals surface area contributed by atoms with Crippen LogP contribution in [-0.4, -0.2) is 46.0 Å². The SMILES string of the molecule is COc1ccc(-n2nc(-c3ccccc3)c3c2N(CC(=O)NCc2ccccn2)C(=O)CSC3c2ccccc2F)cc1. The Morgan fingerprint density at radius 3 is 2.47 bits per heavy atom.